The number of alkyl halides is 3. The second-order valence-electron chi connectivity index (χ2n) is 3.66. The minimum Gasteiger partial charge on any atom is -0.374 e. The van der Waals surface area contributed by atoms with Crippen LogP contribution < -0.4 is 0 Å². The summed E-state index contributed by atoms with van der Waals surface area (Å²) in [6, 6.07) is 0.708. The third-order valence-electron chi connectivity index (χ3n) is 2.10. The van der Waals surface area contributed by atoms with E-state index in [2.05, 4.69) is 4.99 Å². The molecular formula is C11H22Cl3NO3Si. The van der Waals surface area contributed by atoms with Crippen LogP contribution in [0, 0.1) is 0 Å². The van der Waals surface area contributed by atoms with Gasteiger partial charge in [0.1, 0.15) is 0 Å². The average Bonchev–Trinajstić information content (AvgIpc) is 2.28. The fourth-order valence-electron chi connectivity index (χ4n) is 1.56. The average molecular weight is 351 g/mol. The van der Waals surface area contributed by atoms with Gasteiger partial charge in [-0.25, -0.2) is 0 Å². The summed E-state index contributed by atoms with van der Waals surface area (Å²) in [4.78, 5) is 4.06. The molecule has 0 rings (SSSR count). The first-order valence-corrected chi connectivity index (χ1v) is 9.45. The predicted octanol–water partition coefficient (Wildman–Crippen LogP) is 3.87. The summed E-state index contributed by atoms with van der Waals surface area (Å²) < 4.78 is 15.7. The van der Waals surface area contributed by atoms with Crippen LogP contribution >= 0.6 is 34.8 Å². The maximum atomic E-state index is 5.72. The fraction of sp³-hybridized carbons (Fsp3) is 0.909. The molecule has 0 saturated carbocycles. The summed E-state index contributed by atoms with van der Waals surface area (Å²) in [5.74, 6) is 0. The molecule has 0 aromatic carbocycles. The van der Waals surface area contributed by atoms with Crippen molar-refractivity contribution in [2.24, 2.45) is 4.99 Å². The quantitative estimate of drug-likeness (QED) is 0.260. The summed E-state index contributed by atoms with van der Waals surface area (Å²) in [6.45, 7) is 8.06. The third-order valence-corrected chi connectivity index (χ3v) is 5.54. The van der Waals surface area contributed by atoms with Gasteiger partial charge < -0.3 is 13.3 Å². The largest absolute Gasteiger partial charge is 0.500 e. The first-order valence-electron chi connectivity index (χ1n) is 6.38. The van der Waals surface area contributed by atoms with Crippen molar-refractivity contribution in [3.8, 4) is 0 Å². The molecule has 4 nitrogen and oxygen atoms in total. The maximum Gasteiger partial charge on any atom is 0.500 e. The summed E-state index contributed by atoms with van der Waals surface area (Å²) in [5, 5.41) is 0. The standard InChI is InChI=1S/C11H22Cl3NO3Si/c1-4-16-19(17-5-2,18-6-3)9-7-8-15-10-11(12,13)14/h10H,4-9H2,1-3H3. The van der Waals surface area contributed by atoms with Crippen molar-refractivity contribution in [3.05, 3.63) is 0 Å². The Hall–Kier alpha value is 0.637. The lowest BCUT2D eigenvalue weighted by Crippen LogP contribution is -2.46. The van der Waals surface area contributed by atoms with Crippen LogP contribution in [0.1, 0.15) is 27.2 Å². The van der Waals surface area contributed by atoms with E-state index in [4.69, 9.17) is 48.1 Å². The van der Waals surface area contributed by atoms with E-state index in [-0.39, 0.29) is 0 Å². The highest BCUT2D eigenvalue weighted by molar-refractivity contribution is 6.74. The van der Waals surface area contributed by atoms with Gasteiger partial charge in [0.15, 0.2) is 0 Å². The zero-order valence-corrected chi connectivity index (χ0v) is 14.9. The van der Waals surface area contributed by atoms with E-state index in [9.17, 15) is 0 Å². The molecule has 0 saturated heterocycles. The molecular weight excluding hydrogens is 329 g/mol. The summed E-state index contributed by atoms with van der Waals surface area (Å²) in [7, 11) is -2.56. The van der Waals surface area contributed by atoms with E-state index < -0.39 is 12.6 Å². The summed E-state index contributed by atoms with van der Waals surface area (Å²) in [5.41, 5.74) is 0. The molecule has 19 heavy (non-hydrogen) atoms. The van der Waals surface area contributed by atoms with Crippen molar-refractivity contribution in [3.63, 3.8) is 0 Å². The van der Waals surface area contributed by atoms with Crippen LogP contribution in [0.3, 0.4) is 0 Å². The molecule has 0 spiro atoms. The minimum atomic E-state index is -2.56. The number of rotatable bonds is 10. The van der Waals surface area contributed by atoms with Crippen LogP contribution in [0.2, 0.25) is 6.04 Å². The molecule has 0 aromatic rings. The van der Waals surface area contributed by atoms with Gasteiger partial charge in [0.2, 0.25) is 3.79 Å². The Balaban J connectivity index is 4.28. The molecule has 0 aliphatic heterocycles. The first-order chi connectivity index (χ1) is 8.89. The van der Waals surface area contributed by atoms with Crippen molar-refractivity contribution in [2.45, 2.75) is 37.0 Å². The zero-order valence-electron chi connectivity index (χ0n) is 11.6. The second-order valence-corrected chi connectivity index (χ2v) is 8.76. The van der Waals surface area contributed by atoms with Gasteiger partial charge in [-0.15, -0.1) is 0 Å². The molecule has 0 aliphatic carbocycles. The Kier molecular flexibility index (Phi) is 10.7. The Morgan fingerprint density at radius 3 is 1.84 bits per heavy atom. The molecule has 0 N–H and O–H groups in total. The van der Waals surface area contributed by atoms with Gasteiger partial charge in [-0.2, -0.15) is 0 Å². The molecule has 0 radical (unpaired) electrons. The molecule has 0 fully saturated rings. The van der Waals surface area contributed by atoms with Crippen molar-refractivity contribution < 1.29 is 13.3 Å². The molecule has 114 valence electrons. The van der Waals surface area contributed by atoms with Gasteiger partial charge >= 0.3 is 8.80 Å². The van der Waals surface area contributed by atoms with E-state index in [0.717, 1.165) is 6.42 Å². The van der Waals surface area contributed by atoms with Gasteiger partial charge in [-0.05, 0) is 27.2 Å². The lowest BCUT2D eigenvalue weighted by Gasteiger charge is -2.28. The normalized spacial score (nSPS) is 13.4. The van der Waals surface area contributed by atoms with Crippen LogP contribution in [0.15, 0.2) is 4.99 Å². The van der Waals surface area contributed by atoms with Crippen LogP contribution in [-0.4, -0.2) is 45.2 Å². The Morgan fingerprint density at radius 1 is 1.00 bits per heavy atom. The van der Waals surface area contributed by atoms with Crippen LogP contribution in [0.25, 0.3) is 0 Å². The van der Waals surface area contributed by atoms with E-state index in [0.29, 0.717) is 32.4 Å². The highest BCUT2D eigenvalue weighted by Crippen LogP contribution is 2.23. The number of hydrogen-bond donors (Lipinski definition) is 0. The Bertz CT molecular complexity index is 245. The number of hydrogen-bond acceptors (Lipinski definition) is 4. The van der Waals surface area contributed by atoms with Crippen LogP contribution in [0.5, 0.6) is 0 Å². The fourth-order valence-corrected chi connectivity index (χ4v) is 4.36. The maximum absolute atomic E-state index is 5.72. The number of aliphatic imine (C=N–C) groups is 1. The van der Waals surface area contributed by atoms with Crippen molar-refractivity contribution in [1.82, 2.24) is 0 Å². The molecule has 0 bridgehead atoms. The highest BCUT2D eigenvalue weighted by atomic mass is 35.6. The van der Waals surface area contributed by atoms with Crippen molar-refractivity contribution >= 4 is 49.8 Å². The van der Waals surface area contributed by atoms with E-state index in [1.54, 1.807) is 0 Å². The second kappa shape index (κ2) is 10.4. The zero-order chi connectivity index (χ0) is 14.8. The third kappa shape index (κ3) is 10.1. The lowest BCUT2D eigenvalue weighted by atomic mass is 10.5. The van der Waals surface area contributed by atoms with E-state index in [1.807, 2.05) is 20.8 Å². The number of nitrogens with zero attached hydrogens (tertiary/aromatic N) is 1. The lowest BCUT2D eigenvalue weighted by molar-refractivity contribution is 0.0710. The first kappa shape index (κ1) is 19.6. The molecule has 0 unspecified atom stereocenters. The van der Waals surface area contributed by atoms with Crippen LogP contribution in [0.4, 0.5) is 0 Å². The highest BCUT2D eigenvalue weighted by Gasteiger charge is 2.39. The summed E-state index contributed by atoms with van der Waals surface area (Å²) >= 11 is 16.7. The Labute approximate surface area is 131 Å². The number of halogens is 3. The molecule has 0 amide bonds. The van der Waals surface area contributed by atoms with Gasteiger partial charge in [0.05, 0.1) is 0 Å². The van der Waals surface area contributed by atoms with E-state index in [1.165, 1.54) is 6.21 Å². The van der Waals surface area contributed by atoms with Gasteiger partial charge in [-0.1, -0.05) is 34.8 Å². The van der Waals surface area contributed by atoms with Crippen molar-refractivity contribution in [2.75, 3.05) is 26.4 Å². The monoisotopic (exact) mass is 349 g/mol. The molecule has 0 aromatic heterocycles. The topological polar surface area (TPSA) is 40.0 Å². The molecule has 0 atom stereocenters. The van der Waals surface area contributed by atoms with Gasteiger partial charge in [-0.3, -0.25) is 4.99 Å². The Morgan fingerprint density at radius 2 is 1.47 bits per heavy atom. The summed E-state index contributed by atoms with van der Waals surface area (Å²) in [6.07, 6.45) is 2.08. The smallest absolute Gasteiger partial charge is 0.374 e. The van der Waals surface area contributed by atoms with Crippen molar-refractivity contribution in [1.29, 1.82) is 0 Å². The minimum absolute atomic E-state index is 0.551. The van der Waals surface area contributed by atoms with Gasteiger partial charge in [0, 0.05) is 38.6 Å². The molecule has 8 heteroatoms. The molecule has 0 aliphatic rings. The molecule has 0 heterocycles. The van der Waals surface area contributed by atoms with Gasteiger partial charge in [0.25, 0.3) is 0 Å². The van der Waals surface area contributed by atoms with E-state index >= 15 is 0 Å². The predicted molar refractivity (Wildman–Crippen MR) is 83.7 cm³/mol. The SMILES string of the molecule is CCO[Si](CCCN=CC(Cl)(Cl)Cl)(OCC)OCC. The van der Waals surface area contributed by atoms with Crippen LogP contribution in [-0.2, 0) is 13.3 Å².